The third kappa shape index (κ3) is 2.66. The molecule has 0 radical (unpaired) electrons. The number of Topliss-reactive ketones (excluding diaryl/α,β-unsaturated/α-hetero) is 1. The maximum atomic E-state index is 11.6. The lowest BCUT2D eigenvalue weighted by molar-refractivity contribution is -0.385. The average molecular weight is 221 g/mol. The Morgan fingerprint density at radius 3 is 2.56 bits per heavy atom. The second-order valence-electron chi connectivity index (χ2n) is 4.13. The highest BCUT2D eigenvalue weighted by atomic mass is 16.6. The Balaban J connectivity index is 3.11. The summed E-state index contributed by atoms with van der Waals surface area (Å²) in [7, 11) is 0. The summed E-state index contributed by atoms with van der Waals surface area (Å²) in [6.07, 6.45) is 0.140. The molecule has 86 valence electrons. The van der Waals surface area contributed by atoms with Crippen LogP contribution in [0.2, 0.25) is 0 Å². The Morgan fingerprint density at radius 1 is 1.44 bits per heavy atom. The van der Waals surface area contributed by atoms with Crippen LogP contribution in [0.1, 0.15) is 25.0 Å². The first kappa shape index (κ1) is 12.4. The van der Waals surface area contributed by atoms with Crippen molar-refractivity contribution in [3.8, 4) is 0 Å². The van der Waals surface area contributed by atoms with E-state index in [0.717, 1.165) is 5.56 Å². The summed E-state index contributed by atoms with van der Waals surface area (Å²) in [4.78, 5) is 22.0. The number of benzene rings is 1. The number of carbonyl (C=O) groups excluding carboxylic acids is 1. The quantitative estimate of drug-likeness (QED) is 0.580. The summed E-state index contributed by atoms with van der Waals surface area (Å²) in [6, 6.07) is 4.86. The molecule has 0 heterocycles. The molecule has 0 spiro atoms. The van der Waals surface area contributed by atoms with Crippen LogP contribution in [0.3, 0.4) is 0 Å². The van der Waals surface area contributed by atoms with Gasteiger partial charge in [0.05, 0.1) is 4.92 Å². The molecule has 4 nitrogen and oxygen atoms in total. The minimum atomic E-state index is -0.435. The van der Waals surface area contributed by atoms with Crippen LogP contribution < -0.4 is 0 Å². The first-order valence-electron chi connectivity index (χ1n) is 5.19. The van der Waals surface area contributed by atoms with E-state index in [1.807, 2.05) is 0 Å². The van der Waals surface area contributed by atoms with E-state index in [1.54, 1.807) is 32.9 Å². The van der Waals surface area contributed by atoms with Crippen LogP contribution >= 0.6 is 0 Å². The molecule has 1 aromatic rings. The van der Waals surface area contributed by atoms with Crippen LogP contribution in [0.25, 0.3) is 0 Å². The monoisotopic (exact) mass is 221 g/mol. The fraction of sp³-hybridized carbons (Fsp3) is 0.417. The number of nitro groups is 1. The number of aryl methyl sites for hydroxylation is 1. The summed E-state index contributed by atoms with van der Waals surface area (Å²) in [5.41, 5.74) is 1.36. The molecule has 0 saturated heterocycles. The highest BCUT2D eigenvalue weighted by Gasteiger charge is 2.19. The second kappa shape index (κ2) is 4.88. The second-order valence-corrected chi connectivity index (χ2v) is 4.13. The van der Waals surface area contributed by atoms with Crippen molar-refractivity contribution in [1.29, 1.82) is 0 Å². The van der Waals surface area contributed by atoms with Gasteiger partial charge in [-0.15, -0.1) is 0 Å². The van der Waals surface area contributed by atoms with Crippen molar-refractivity contribution in [3.05, 3.63) is 39.4 Å². The predicted molar refractivity (Wildman–Crippen MR) is 61.4 cm³/mol. The molecule has 0 amide bonds. The van der Waals surface area contributed by atoms with Crippen LogP contribution in [0.4, 0.5) is 5.69 Å². The molecule has 0 atom stereocenters. The van der Waals surface area contributed by atoms with Crippen molar-refractivity contribution in [1.82, 2.24) is 0 Å². The topological polar surface area (TPSA) is 60.2 Å². The largest absolute Gasteiger partial charge is 0.299 e. The van der Waals surface area contributed by atoms with E-state index in [2.05, 4.69) is 0 Å². The number of carbonyl (C=O) groups is 1. The van der Waals surface area contributed by atoms with Gasteiger partial charge in [0, 0.05) is 24.0 Å². The molecule has 0 saturated carbocycles. The van der Waals surface area contributed by atoms with Gasteiger partial charge in [0.25, 0.3) is 5.69 Å². The molecule has 0 unspecified atom stereocenters. The molecule has 16 heavy (non-hydrogen) atoms. The number of hydrogen-bond acceptors (Lipinski definition) is 3. The van der Waals surface area contributed by atoms with Gasteiger partial charge < -0.3 is 0 Å². The Morgan fingerprint density at radius 2 is 2.06 bits per heavy atom. The van der Waals surface area contributed by atoms with Gasteiger partial charge >= 0.3 is 0 Å². The number of nitrogens with zero attached hydrogens (tertiary/aromatic N) is 1. The molecule has 0 aliphatic heterocycles. The van der Waals surface area contributed by atoms with Crippen LogP contribution in [0.15, 0.2) is 18.2 Å². The van der Waals surface area contributed by atoms with Gasteiger partial charge in [-0.25, -0.2) is 0 Å². The van der Waals surface area contributed by atoms with Gasteiger partial charge in [-0.1, -0.05) is 26.0 Å². The molecule has 0 fully saturated rings. The zero-order valence-corrected chi connectivity index (χ0v) is 9.69. The summed E-state index contributed by atoms with van der Waals surface area (Å²) >= 11 is 0. The van der Waals surface area contributed by atoms with Gasteiger partial charge in [-0.3, -0.25) is 14.9 Å². The van der Waals surface area contributed by atoms with Crippen LogP contribution in [0, 0.1) is 23.0 Å². The van der Waals surface area contributed by atoms with E-state index >= 15 is 0 Å². The van der Waals surface area contributed by atoms with Crippen molar-refractivity contribution in [2.24, 2.45) is 5.92 Å². The summed E-state index contributed by atoms with van der Waals surface area (Å²) in [5, 5.41) is 10.8. The minimum Gasteiger partial charge on any atom is -0.299 e. The Bertz CT molecular complexity index is 424. The van der Waals surface area contributed by atoms with Gasteiger partial charge in [-0.2, -0.15) is 0 Å². The van der Waals surface area contributed by atoms with Crippen molar-refractivity contribution in [2.75, 3.05) is 0 Å². The molecule has 1 aromatic carbocycles. The van der Waals surface area contributed by atoms with Crippen molar-refractivity contribution in [3.63, 3.8) is 0 Å². The number of nitro benzene ring substituents is 1. The summed E-state index contributed by atoms with van der Waals surface area (Å²) in [5.74, 6) is -0.0726. The van der Waals surface area contributed by atoms with Gasteiger partial charge in [0.1, 0.15) is 5.78 Å². The lowest BCUT2D eigenvalue weighted by atomic mass is 9.96. The van der Waals surface area contributed by atoms with Gasteiger partial charge in [-0.05, 0) is 12.5 Å². The van der Waals surface area contributed by atoms with Crippen molar-refractivity contribution >= 4 is 11.5 Å². The third-order valence-electron chi connectivity index (χ3n) is 2.58. The van der Waals surface area contributed by atoms with Crippen molar-refractivity contribution in [2.45, 2.75) is 27.2 Å². The fourth-order valence-electron chi connectivity index (χ4n) is 1.47. The third-order valence-corrected chi connectivity index (χ3v) is 2.58. The number of rotatable bonds is 4. The zero-order valence-electron chi connectivity index (χ0n) is 9.69. The molecule has 0 aliphatic carbocycles. The molecule has 0 bridgehead atoms. The molecular weight excluding hydrogens is 206 g/mol. The lowest BCUT2D eigenvalue weighted by Crippen LogP contribution is -2.12. The van der Waals surface area contributed by atoms with E-state index in [4.69, 9.17) is 0 Å². The summed E-state index contributed by atoms with van der Waals surface area (Å²) in [6.45, 7) is 5.38. The van der Waals surface area contributed by atoms with Gasteiger partial charge in [0.2, 0.25) is 0 Å². The molecular formula is C12H15NO3. The molecule has 0 aromatic heterocycles. The van der Waals surface area contributed by atoms with Crippen molar-refractivity contribution < 1.29 is 9.72 Å². The Hall–Kier alpha value is -1.71. The maximum Gasteiger partial charge on any atom is 0.273 e. The number of hydrogen-bond donors (Lipinski definition) is 0. The van der Waals surface area contributed by atoms with E-state index < -0.39 is 4.92 Å². The first-order chi connectivity index (χ1) is 7.43. The highest BCUT2D eigenvalue weighted by Crippen LogP contribution is 2.23. The minimum absolute atomic E-state index is 0.0254. The van der Waals surface area contributed by atoms with E-state index in [-0.39, 0.29) is 23.8 Å². The fourth-order valence-corrected chi connectivity index (χ4v) is 1.47. The lowest BCUT2D eigenvalue weighted by Gasteiger charge is -2.07. The van der Waals surface area contributed by atoms with Gasteiger partial charge in [0.15, 0.2) is 0 Å². The SMILES string of the molecule is Cc1cccc([N+](=O)[O-])c1CC(=O)C(C)C. The maximum absolute atomic E-state index is 11.6. The Labute approximate surface area is 94.4 Å². The molecule has 1 rings (SSSR count). The average Bonchev–Trinajstić information content (AvgIpc) is 2.20. The standard InChI is InChI=1S/C12H15NO3/c1-8(2)12(14)7-10-9(3)5-4-6-11(10)13(15)16/h4-6,8H,7H2,1-3H3. The molecule has 0 aliphatic rings. The van der Waals surface area contributed by atoms with Crippen LogP contribution in [0.5, 0.6) is 0 Å². The smallest absolute Gasteiger partial charge is 0.273 e. The summed E-state index contributed by atoms with van der Waals surface area (Å²) < 4.78 is 0. The highest BCUT2D eigenvalue weighted by molar-refractivity contribution is 5.84. The number of ketones is 1. The predicted octanol–water partition coefficient (Wildman–Crippen LogP) is 2.67. The van der Waals surface area contributed by atoms with E-state index in [1.165, 1.54) is 6.07 Å². The van der Waals surface area contributed by atoms with E-state index in [9.17, 15) is 14.9 Å². The first-order valence-corrected chi connectivity index (χ1v) is 5.19. The Kier molecular flexibility index (Phi) is 3.77. The normalized spacial score (nSPS) is 10.5. The van der Waals surface area contributed by atoms with E-state index in [0.29, 0.717) is 5.56 Å². The zero-order chi connectivity index (χ0) is 12.3. The van der Waals surface area contributed by atoms with Crippen LogP contribution in [-0.4, -0.2) is 10.7 Å². The molecule has 4 heteroatoms. The molecule has 0 N–H and O–H groups in total. The van der Waals surface area contributed by atoms with Crippen LogP contribution in [-0.2, 0) is 11.2 Å².